The van der Waals surface area contributed by atoms with Crippen molar-refractivity contribution in [1.29, 1.82) is 5.26 Å². The van der Waals surface area contributed by atoms with Crippen LogP contribution in [0.3, 0.4) is 0 Å². The van der Waals surface area contributed by atoms with Gasteiger partial charge in [0, 0.05) is 23.9 Å². The Kier molecular flexibility index (Phi) is 3.70. The van der Waals surface area contributed by atoms with Crippen LogP contribution in [0.1, 0.15) is 34.3 Å². The highest BCUT2D eigenvalue weighted by Crippen LogP contribution is 2.58. The summed E-state index contributed by atoms with van der Waals surface area (Å²) in [4.78, 5) is 26.8. The molecule has 0 aromatic heterocycles. The third-order valence-corrected chi connectivity index (χ3v) is 5.50. The van der Waals surface area contributed by atoms with Crippen LogP contribution in [0.4, 0.5) is 5.69 Å². The van der Waals surface area contributed by atoms with Gasteiger partial charge in [0.1, 0.15) is 5.75 Å². The van der Waals surface area contributed by atoms with Crippen LogP contribution in [0.25, 0.3) is 11.1 Å². The number of benzene rings is 2. The molecule has 4 rings (SSSR count). The molecule has 0 atom stereocenters. The Balaban J connectivity index is 2.02. The van der Waals surface area contributed by atoms with Gasteiger partial charge in [-0.05, 0) is 48.7 Å². The van der Waals surface area contributed by atoms with Gasteiger partial charge in [-0.1, -0.05) is 0 Å². The van der Waals surface area contributed by atoms with Crippen LogP contribution < -0.4 is 9.64 Å². The maximum absolute atomic E-state index is 12.7. The fourth-order valence-electron chi connectivity index (χ4n) is 3.89. The molecule has 1 aliphatic carbocycles. The van der Waals surface area contributed by atoms with Gasteiger partial charge in [0.15, 0.2) is 0 Å². The number of ether oxygens (including phenoxy) is 2. The van der Waals surface area contributed by atoms with Crippen LogP contribution in [-0.4, -0.2) is 33.1 Å². The highest BCUT2D eigenvalue weighted by molar-refractivity contribution is 6.12. The van der Waals surface area contributed by atoms with Gasteiger partial charge >= 0.3 is 5.97 Å². The Morgan fingerprint density at radius 2 is 1.93 bits per heavy atom. The van der Waals surface area contributed by atoms with Crippen molar-refractivity contribution in [1.82, 2.24) is 0 Å². The Morgan fingerprint density at radius 3 is 2.52 bits per heavy atom. The maximum atomic E-state index is 12.7. The highest BCUT2D eigenvalue weighted by atomic mass is 16.5. The third-order valence-electron chi connectivity index (χ3n) is 5.50. The average Bonchev–Trinajstić information content (AvgIpc) is 3.49. The van der Waals surface area contributed by atoms with Crippen LogP contribution >= 0.6 is 0 Å². The molecule has 0 N–H and O–H groups in total. The summed E-state index contributed by atoms with van der Waals surface area (Å²) >= 11 is 0. The lowest BCUT2D eigenvalue weighted by Gasteiger charge is -2.16. The van der Waals surface area contributed by atoms with Crippen LogP contribution in [0.2, 0.25) is 0 Å². The molecule has 1 aliphatic heterocycles. The third kappa shape index (κ3) is 2.32. The molecule has 6 heteroatoms. The van der Waals surface area contributed by atoms with Gasteiger partial charge in [0.2, 0.25) is 5.91 Å². The van der Waals surface area contributed by atoms with Crippen molar-refractivity contribution in [2.75, 3.05) is 26.2 Å². The quantitative estimate of drug-likeness (QED) is 0.784. The first-order valence-electron chi connectivity index (χ1n) is 8.60. The molecule has 1 amide bonds. The number of anilines is 1. The Morgan fingerprint density at radius 1 is 1.19 bits per heavy atom. The molecule has 1 heterocycles. The highest BCUT2D eigenvalue weighted by Gasteiger charge is 2.58. The molecule has 1 fully saturated rings. The number of likely N-dealkylation sites (N-methyl/N-ethyl adjacent to an activating group) is 1. The maximum Gasteiger partial charge on any atom is 0.338 e. The Labute approximate surface area is 156 Å². The first-order chi connectivity index (χ1) is 13.0. The minimum absolute atomic E-state index is 0.0585. The zero-order chi connectivity index (χ0) is 19.3. The molecule has 1 spiro atoms. The van der Waals surface area contributed by atoms with Gasteiger partial charge < -0.3 is 14.4 Å². The van der Waals surface area contributed by atoms with Crippen molar-refractivity contribution < 1.29 is 19.1 Å². The molecule has 0 unspecified atom stereocenters. The summed E-state index contributed by atoms with van der Waals surface area (Å²) < 4.78 is 10.4. The van der Waals surface area contributed by atoms with E-state index in [1.807, 2.05) is 6.07 Å². The van der Waals surface area contributed by atoms with E-state index in [1.54, 1.807) is 36.2 Å². The number of methoxy groups -OCH3 is 2. The zero-order valence-electron chi connectivity index (χ0n) is 15.3. The summed E-state index contributed by atoms with van der Waals surface area (Å²) in [5.74, 6) is 0.0969. The van der Waals surface area contributed by atoms with E-state index in [1.165, 1.54) is 14.2 Å². The smallest absolute Gasteiger partial charge is 0.338 e. The van der Waals surface area contributed by atoms with Crippen LogP contribution in [0.5, 0.6) is 5.75 Å². The van der Waals surface area contributed by atoms with Crippen molar-refractivity contribution in [2.24, 2.45) is 0 Å². The van der Waals surface area contributed by atoms with E-state index in [0.717, 1.165) is 24.1 Å². The summed E-state index contributed by atoms with van der Waals surface area (Å²) in [7, 11) is 4.58. The molecular weight excluding hydrogens is 344 g/mol. The molecular formula is C21H18N2O4. The van der Waals surface area contributed by atoms with E-state index < -0.39 is 11.4 Å². The number of rotatable bonds is 3. The number of hydrogen-bond acceptors (Lipinski definition) is 5. The first kappa shape index (κ1) is 17.1. The minimum Gasteiger partial charge on any atom is -0.496 e. The standard InChI is InChI=1S/C21H18N2O4/c1-23-17-10-15(19(24)27-3)13(9-16(17)21(6-7-21)20(23)25)14-8-12(11-22)4-5-18(14)26-2/h4-5,8-10H,6-7H2,1-3H3. The van der Waals surface area contributed by atoms with Gasteiger partial charge in [0.25, 0.3) is 0 Å². The van der Waals surface area contributed by atoms with Crippen LogP contribution in [0.15, 0.2) is 30.3 Å². The Hall–Kier alpha value is -3.33. The topological polar surface area (TPSA) is 79.6 Å². The van der Waals surface area contributed by atoms with Crippen molar-refractivity contribution in [2.45, 2.75) is 18.3 Å². The van der Waals surface area contributed by atoms with Gasteiger partial charge in [-0.25, -0.2) is 4.79 Å². The van der Waals surface area contributed by atoms with Crippen LogP contribution in [0, 0.1) is 11.3 Å². The number of fused-ring (bicyclic) bond motifs is 2. The molecule has 2 aromatic carbocycles. The number of carbonyl (C=O) groups is 2. The summed E-state index contributed by atoms with van der Waals surface area (Å²) in [6.45, 7) is 0. The van der Waals surface area contributed by atoms with Crippen molar-refractivity contribution >= 4 is 17.6 Å². The second-order valence-electron chi connectivity index (χ2n) is 6.88. The fourth-order valence-corrected chi connectivity index (χ4v) is 3.89. The zero-order valence-corrected chi connectivity index (χ0v) is 15.3. The van der Waals surface area contributed by atoms with E-state index >= 15 is 0 Å². The van der Waals surface area contributed by atoms with Gasteiger partial charge in [-0.15, -0.1) is 0 Å². The first-order valence-corrected chi connectivity index (χ1v) is 8.60. The van der Waals surface area contributed by atoms with E-state index in [-0.39, 0.29) is 5.91 Å². The summed E-state index contributed by atoms with van der Waals surface area (Å²) in [5, 5.41) is 9.28. The average molecular weight is 362 g/mol. The predicted octanol–water partition coefficient (Wildman–Crippen LogP) is 3.03. The number of esters is 1. The van der Waals surface area contributed by atoms with Gasteiger partial charge in [-0.2, -0.15) is 5.26 Å². The molecule has 1 saturated carbocycles. The summed E-state index contributed by atoms with van der Waals surface area (Å²) in [6.07, 6.45) is 1.60. The van der Waals surface area contributed by atoms with Gasteiger partial charge in [0.05, 0.1) is 36.8 Å². The van der Waals surface area contributed by atoms with E-state index in [0.29, 0.717) is 28.0 Å². The molecule has 0 bridgehead atoms. The molecule has 0 saturated heterocycles. The second kappa shape index (κ2) is 5.85. The van der Waals surface area contributed by atoms with E-state index in [4.69, 9.17) is 9.47 Å². The summed E-state index contributed by atoms with van der Waals surface area (Å²) in [5.41, 5.74) is 3.19. The van der Waals surface area contributed by atoms with Crippen molar-refractivity contribution in [3.05, 3.63) is 47.0 Å². The lowest BCUT2D eigenvalue weighted by molar-refractivity contribution is -0.119. The number of nitriles is 1. The molecule has 2 aromatic rings. The second-order valence-corrected chi connectivity index (χ2v) is 6.88. The van der Waals surface area contributed by atoms with E-state index in [9.17, 15) is 14.9 Å². The number of amides is 1. The van der Waals surface area contributed by atoms with Crippen molar-refractivity contribution in [3.63, 3.8) is 0 Å². The van der Waals surface area contributed by atoms with Gasteiger partial charge in [-0.3, -0.25) is 4.79 Å². The predicted molar refractivity (Wildman–Crippen MR) is 98.8 cm³/mol. The number of hydrogen-bond donors (Lipinski definition) is 0. The molecule has 0 radical (unpaired) electrons. The number of carbonyl (C=O) groups excluding carboxylic acids is 2. The normalized spacial score (nSPS) is 16.1. The lowest BCUT2D eigenvalue weighted by Crippen LogP contribution is -2.27. The number of nitrogens with zero attached hydrogens (tertiary/aromatic N) is 2. The van der Waals surface area contributed by atoms with Crippen LogP contribution in [-0.2, 0) is 14.9 Å². The Bertz CT molecular complexity index is 1030. The largest absolute Gasteiger partial charge is 0.496 e. The fraction of sp³-hybridized carbons (Fsp3) is 0.286. The lowest BCUT2D eigenvalue weighted by atomic mass is 9.90. The monoisotopic (exact) mass is 362 g/mol. The summed E-state index contributed by atoms with van der Waals surface area (Å²) in [6, 6.07) is 10.8. The molecule has 27 heavy (non-hydrogen) atoms. The molecule has 2 aliphatic rings. The molecule has 6 nitrogen and oxygen atoms in total. The van der Waals surface area contributed by atoms with Crippen molar-refractivity contribution in [3.8, 4) is 22.9 Å². The van der Waals surface area contributed by atoms with E-state index in [2.05, 4.69) is 6.07 Å². The SMILES string of the molecule is COC(=O)c1cc2c(cc1-c1cc(C#N)ccc1OC)C1(CC1)C(=O)N2C. The minimum atomic E-state index is -0.505. The molecule has 136 valence electrons.